The van der Waals surface area contributed by atoms with Gasteiger partial charge in [0.1, 0.15) is 9.52 Å². The molecule has 0 saturated heterocycles. The first kappa shape index (κ1) is 8.56. The highest BCUT2D eigenvalue weighted by Crippen LogP contribution is 1.98. The third-order valence-electron chi connectivity index (χ3n) is 0.806. The van der Waals surface area contributed by atoms with Crippen molar-refractivity contribution in [2.75, 3.05) is 5.33 Å². The molecule has 4 heteroatoms. The minimum Gasteiger partial charge on any atom is -0.216 e. The van der Waals surface area contributed by atoms with E-state index in [4.69, 9.17) is 0 Å². The molecule has 0 unspecified atom stereocenters. The molecule has 0 aromatic carbocycles. The van der Waals surface area contributed by atoms with Crippen molar-refractivity contribution in [2.45, 2.75) is 18.5 Å². The lowest BCUT2D eigenvalue weighted by molar-refractivity contribution is 0.237. The van der Waals surface area contributed by atoms with E-state index in [1.165, 1.54) is 0 Å². The molecule has 0 heterocycles. The highest BCUT2D eigenvalue weighted by molar-refractivity contribution is 9.09. The Hall–Kier alpha value is 0.557. The summed E-state index contributed by atoms with van der Waals surface area (Å²) in [5.74, 6) is 0. The summed E-state index contributed by atoms with van der Waals surface area (Å²) in [7, 11) is -1.03. The van der Waals surface area contributed by atoms with Crippen molar-refractivity contribution in [1.29, 1.82) is 0 Å². The average molecular weight is 203 g/mol. The Morgan fingerprint density at radius 3 is 2.50 bits per heavy atom. The monoisotopic (exact) mass is 202 g/mol. The van der Waals surface area contributed by atoms with Gasteiger partial charge in [0.2, 0.25) is 6.05 Å². The Kier molecular flexibility index (Phi) is 6.09. The van der Waals surface area contributed by atoms with Crippen LogP contribution in [0.3, 0.4) is 0 Å². The molecule has 0 bridgehead atoms. The second kappa shape index (κ2) is 5.69. The molecular weight excluding hydrogens is 194 g/mol. The molecule has 0 aliphatic carbocycles. The first-order valence-corrected chi connectivity index (χ1v) is 5.55. The minimum atomic E-state index is -1.98. The van der Waals surface area contributed by atoms with Crippen molar-refractivity contribution in [3.63, 3.8) is 0 Å². The largest absolute Gasteiger partial charge is 0.216 e. The van der Waals surface area contributed by atoms with Gasteiger partial charge in [0, 0.05) is 5.33 Å². The topological polar surface area (TPSA) is 0 Å². The quantitative estimate of drug-likeness (QED) is 0.369. The summed E-state index contributed by atoms with van der Waals surface area (Å²) in [5.41, 5.74) is 0. The highest BCUT2D eigenvalue weighted by atomic mass is 79.9. The van der Waals surface area contributed by atoms with Crippen LogP contribution in [0.2, 0.25) is 6.04 Å². The summed E-state index contributed by atoms with van der Waals surface area (Å²) in [4.78, 5) is 0. The Morgan fingerprint density at radius 2 is 2.12 bits per heavy atom. The lowest BCUT2D eigenvalue weighted by Crippen LogP contribution is -2.02. The van der Waals surface area contributed by atoms with Crippen LogP contribution in [0, 0.1) is 0 Å². The van der Waals surface area contributed by atoms with Gasteiger partial charge in [-0.1, -0.05) is 22.0 Å². The zero-order chi connectivity index (χ0) is 6.41. The van der Waals surface area contributed by atoms with Crippen LogP contribution in [0.25, 0.3) is 0 Å². The second-order valence-corrected chi connectivity index (χ2v) is 4.27. The SMILES string of the molecule is FC(F)[SiH2]CCCBr. The van der Waals surface area contributed by atoms with Crippen LogP contribution in [-0.4, -0.2) is 20.9 Å². The summed E-state index contributed by atoms with van der Waals surface area (Å²) in [6, 6.07) is -1.21. The van der Waals surface area contributed by atoms with Gasteiger partial charge >= 0.3 is 0 Å². The van der Waals surface area contributed by atoms with Gasteiger partial charge in [-0.15, -0.1) is 0 Å². The summed E-state index contributed by atoms with van der Waals surface area (Å²) in [6.45, 7) is 0. The van der Waals surface area contributed by atoms with Gasteiger partial charge in [-0.05, 0) is 6.42 Å². The molecule has 0 aliphatic heterocycles. The summed E-state index contributed by atoms with van der Waals surface area (Å²) in [6.07, 6.45) is 0.913. The standard InChI is InChI=1S/C4H9BrF2Si/c5-2-1-3-8-4(6)7/h4H,1-3,8H2. The van der Waals surface area contributed by atoms with Crippen LogP contribution in [0.1, 0.15) is 6.42 Å². The first-order chi connectivity index (χ1) is 3.77. The van der Waals surface area contributed by atoms with E-state index >= 15 is 0 Å². The summed E-state index contributed by atoms with van der Waals surface area (Å²) < 4.78 is 22.8. The number of halogens is 3. The minimum absolute atomic E-state index is 0.767. The molecule has 8 heavy (non-hydrogen) atoms. The maximum atomic E-state index is 11.4. The van der Waals surface area contributed by atoms with E-state index in [1.54, 1.807) is 0 Å². The van der Waals surface area contributed by atoms with Crippen LogP contribution in [0.5, 0.6) is 0 Å². The molecule has 0 aromatic heterocycles. The Morgan fingerprint density at radius 1 is 1.50 bits per heavy atom. The maximum absolute atomic E-state index is 11.4. The Labute approximate surface area is 58.6 Å². The predicted molar refractivity (Wildman–Crippen MR) is 37.8 cm³/mol. The number of alkyl halides is 3. The fourth-order valence-electron chi connectivity index (χ4n) is 0.393. The third kappa shape index (κ3) is 6.56. The van der Waals surface area contributed by atoms with Gasteiger partial charge in [-0.25, -0.2) is 8.78 Å². The van der Waals surface area contributed by atoms with Crippen molar-refractivity contribution in [3.8, 4) is 0 Å². The zero-order valence-corrected chi connectivity index (χ0v) is 7.54. The van der Waals surface area contributed by atoms with Gasteiger partial charge in [0.05, 0.1) is 0 Å². The van der Waals surface area contributed by atoms with Crippen molar-refractivity contribution < 1.29 is 8.78 Å². The lowest BCUT2D eigenvalue weighted by Gasteiger charge is -1.92. The second-order valence-electron chi connectivity index (χ2n) is 1.58. The van der Waals surface area contributed by atoms with Crippen LogP contribution in [0.15, 0.2) is 0 Å². The van der Waals surface area contributed by atoms with E-state index in [1.807, 2.05) is 0 Å². The Bertz CT molecular complexity index is 51.3. The Balaban J connectivity index is 2.72. The first-order valence-electron chi connectivity index (χ1n) is 2.61. The zero-order valence-electron chi connectivity index (χ0n) is 4.54. The van der Waals surface area contributed by atoms with Gasteiger partial charge in [-0.3, -0.25) is 0 Å². The van der Waals surface area contributed by atoms with E-state index in [0.717, 1.165) is 17.8 Å². The van der Waals surface area contributed by atoms with Gasteiger partial charge < -0.3 is 0 Å². The number of hydrogen-bond donors (Lipinski definition) is 0. The number of rotatable bonds is 4. The van der Waals surface area contributed by atoms with Crippen LogP contribution in [-0.2, 0) is 0 Å². The van der Waals surface area contributed by atoms with Crippen LogP contribution >= 0.6 is 15.9 Å². The van der Waals surface area contributed by atoms with Crippen LogP contribution < -0.4 is 0 Å². The van der Waals surface area contributed by atoms with Gasteiger partial charge in [-0.2, -0.15) is 0 Å². The molecular formula is C4H9BrF2Si. The number of hydrogen-bond acceptors (Lipinski definition) is 0. The van der Waals surface area contributed by atoms with Crippen molar-refractivity contribution in [2.24, 2.45) is 0 Å². The summed E-state index contributed by atoms with van der Waals surface area (Å²) >= 11 is 3.18. The third-order valence-corrected chi connectivity index (χ3v) is 2.71. The molecule has 0 rings (SSSR count). The molecule has 0 aliphatic rings. The molecule has 0 amide bonds. The van der Waals surface area contributed by atoms with Gasteiger partial charge in [0.25, 0.3) is 0 Å². The normalized spacial score (nSPS) is 12.0. The average Bonchev–Trinajstić information content (AvgIpc) is 1.66. The van der Waals surface area contributed by atoms with Crippen molar-refractivity contribution in [1.82, 2.24) is 0 Å². The van der Waals surface area contributed by atoms with Crippen molar-refractivity contribution in [3.05, 3.63) is 0 Å². The molecule has 0 nitrogen and oxygen atoms in total. The summed E-state index contributed by atoms with van der Waals surface area (Å²) in [5, 5.41) is 0.868. The molecule has 0 radical (unpaired) electrons. The molecule has 0 N–H and O–H groups in total. The lowest BCUT2D eigenvalue weighted by atomic mass is 10.6. The molecule has 0 aromatic rings. The fraction of sp³-hybridized carbons (Fsp3) is 1.00. The van der Waals surface area contributed by atoms with E-state index in [-0.39, 0.29) is 0 Å². The van der Waals surface area contributed by atoms with Crippen molar-refractivity contribution >= 4 is 25.4 Å². The van der Waals surface area contributed by atoms with E-state index in [2.05, 4.69) is 15.9 Å². The maximum Gasteiger partial charge on any atom is 0.214 e. The van der Waals surface area contributed by atoms with E-state index < -0.39 is 15.6 Å². The van der Waals surface area contributed by atoms with Gasteiger partial charge in [0.15, 0.2) is 0 Å². The molecule has 0 atom stereocenters. The smallest absolute Gasteiger partial charge is 0.214 e. The van der Waals surface area contributed by atoms with Crippen LogP contribution in [0.4, 0.5) is 8.78 Å². The molecule has 0 saturated carbocycles. The van der Waals surface area contributed by atoms with E-state index in [9.17, 15) is 8.78 Å². The fourth-order valence-corrected chi connectivity index (χ4v) is 2.37. The highest BCUT2D eigenvalue weighted by Gasteiger charge is 2.00. The molecule has 0 fully saturated rings. The molecule has 0 spiro atoms. The molecule has 50 valence electrons. The predicted octanol–water partition coefficient (Wildman–Crippen LogP) is 1.58. The van der Waals surface area contributed by atoms with E-state index in [0.29, 0.717) is 0 Å².